The Bertz CT molecular complexity index is 740. The molecule has 1 atom stereocenters. The third-order valence-electron chi connectivity index (χ3n) is 3.69. The molecule has 0 aliphatic heterocycles. The molecule has 7 heteroatoms. The van der Waals surface area contributed by atoms with Crippen molar-refractivity contribution in [2.75, 3.05) is 13.2 Å². The van der Waals surface area contributed by atoms with Crippen LogP contribution in [0.5, 0.6) is 0 Å². The topological polar surface area (TPSA) is 76.7 Å². The Morgan fingerprint density at radius 1 is 1.00 bits per heavy atom. The van der Waals surface area contributed by atoms with Gasteiger partial charge in [-0.15, -0.1) is 0 Å². The van der Waals surface area contributed by atoms with Crippen molar-refractivity contribution >= 4 is 13.5 Å². The van der Waals surface area contributed by atoms with Crippen LogP contribution >= 0.6 is 7.60 Å². The van der Waals surface area contributed by atoms with Gasteiger partial charge in [0.2, 0.25) is 0 Å². The molecule has 1 amide bonds. The molecule has 0 aliphatic carbocycles. The lowest BCUT2D eigenvalue weighted by atomic mass is 10.1. The summed E-state index contributed by atoms with van der Waals surface area (Å²) in [5, 5.41) is 0. The molecule has 1 unspecified atom stereocenters. The highest BCUT2D eigenvalue weighted by molar-refractivity contribution is 7.54. The van der Waals surface area contributed by atoms with E-state index in [1.165, 1.54) is 0 Å². The van der Waals surface area contributed by atoms with Gasteiger partial charge in [-0.3, -0.25) is 14.8 Å². The van der Waals surface area contributed by atoms with Crippen molar-refractivity contribution in [2.24, 2.45) is 0 Å². The summed E-state index contributed by atoms with van der Waals surface area (Å²) in [6, 6.07) is 16.3. The van der Waals surface area contributed by atoms with E-state index in [4.69, 9.17) is 9.05 Å². The molecule has 0 fully saturated rings. The second kappa shape index (κ2) is 9.64. The number of amides is 1. The Kier molecular flexibility index (Phi) is 7.54. The lowest BCUT2D eigenvalue weighted by Gasteiger charge is -2.27. The van der Waals surface area contributed by atoms with E-state index < -0.39 is 13.4 Å². The number of carbonyl (C=O) groups excluding carboxylic acids is 1. The van der Waals surface area contributed by atoms with E-state index in [9.17, 15) is 9.36 Å². The smallest absolute Gasteiger partial charge is 0.307 e. The van der Waals surface area contributed by atoms with Gasteiger partial charge >= 0.3 is 7.60 Å². The van der Waals surface area contributed by atoms with Crippen molar-refractivity contribution < 1.29 is 18.4 Å². The van der Waals surface area contributed by atoms with Crippen LogP contribution in [0.3, 0.4) is 0 Å². The van der Waals surface area contributed by atoms with Crippen LogP contribution < -0.4 is 10.9 Å². The summed E-state index contributed by atoms with van der Waals surface area (Å²) in [6.07, 6.45) is 0. The first kappa shape index (κ1) is 20.3. The van der Waals surface area contributed by atoms with E-state index >= 15 is 0 Å². The lowest BCUT2D eigenvalue weighted by molar-refractivity contribution is 0.0927. The molecule has 140 valence electrons. The van der Waals surface area contributed by atoms with Crippen LogP contribution in [0.2, 0.25) is 0 Å². The second-order valence-corrected chi connectivity index (χ2v) is 7.77. The van der Waals surface area contributed by atoms with Gasteiger partial charge in [0.1, 0.15) is 0 Å². The van der Waals surface area contributed by atoms with Crippen molar-refractivity contribution in [3.05, 3.63) is 71.3 Å². The van der Waals surface area contributed by atoms with E-state index in [0.717, 1.165) is 5.56 Å². The van der Waals surface area contributed by atoms with Crippen LogP contribution in [-0.4, -0.2) is 19.1 Å². The van der Waals surface area contributed by atoms with Gasteiger partial charge in [-0.1, -0.05) is 48.0 Å². The average Bonchev–Trinajstić information content (AvgIpc) is 2.64. The molecule has 0 saturated heterocycles. The lowest BCUT2D eigenvalue weighted by Crippen LogP contribution is -2.40. The van der Waals surface area contributed by atoms with Gasteiger partial charge in [0.25, 0.3) is 5.91 Å². The molecular formula is C19H25N2O4P. The number of rotatable bonds is 9. The van der Waals surface area contributed by atoms with Gasteiger partial charge in [0.05, 0.1) is 13.2 Å². The Morgan fingerprint density at radius 2 is 1.58 bits per heavy atom. The maximum absolute atomic E-state index is 13.3. The maximum atomic E-state index is 13.3. The molecule has 2 aromatic carbocycles. The molecular weight excluding hydrogens is 351 g/mol. The van der Waals surface area contributed by atoms with Gasteiger partial charge in [-0.25, -0.2) is 5.43 Å². The number of hydrogen-bond donors (Lipinski definition) is 2. The number of nitrogens with one attached hydrogen (secondary N) is 2. The second-order valence-electron chi connectivity index (χ2n) is 5.65. The highest BCUT2D eigenvalue weighted by atomic mass is 31.2. The Hall–Kier alpha value is -1.98. The number of carbonyl (C=O) groups is 1. The Labute approximate surface area is 154 Å². The molecule has 0 aromatic heterocycles. The van der Waals surface area contributed by atoms with Crippen LogP contribution in [0.4, 0.5) is 0 Å². The summed E-state index contributed by atoms with van der Waals surface area (Å²) in [5.41, 5.74) is 7.73. The van der Waals surface area contributed by atoms with Crippen molar-refractivity contribution in [2.45, 2.75) is 26.6 Å². The molecule has 0 aliphatic rings. The zero-order valence-corrected chi connectivity index (χ0v) is 16.2. The number of hydrazine groups is 1. The predicted molar refractivity (Wildman–Crippen MR) is 102 cm³/mol. The average molecular weight is 376 g/mol. The largest absolute Gasteiger partial charge is 0.353 e. The third kappa shape index (κ3) is 5.26. The molecule has 0 radical (unpaired) electrons. The molecule has 6 nitrogen and oxygen atoms in total. The van der Waals surface area contributed by atoms with Crippen molar-refractivity contribution in [1.29, 1.82) is 0 Å². The zero-order valence-electron chi connectivity index (χ0n) is 15.3. The summed E-state index contributed by atoms with van der Waals surface area (Å²) in [6.45, 7) is 5.93. The Morgan fingerprint density at radius 3 is 2.12 bits per heavy atom. The molecule has 0 heterocycles. The molecule has 0 bridgehead atoms. The van der Waals surface area contributed by atoms with Gasteiger partial charge in [0.15, 0.2) is 5.78 Å². The van der Waals surface area contributed by atoms with E-state index in [2.05, 4.69) is 10.9 Å². The minimum absolute atomic E-state index is 0.230. The summed E-state index contributed by atoms with van der Waals surface area (Å²) in [7, 11) is -3.54. The van der Waals surface area contributed by atoms with Crippen LogP contribution in [0.15, 0.2) is 54.6 Å². The monoisotopic (exact) mass is 376 g/mol. The summed E-state index contributed by atoms with van der Waals surface area (Å²) >= 11 is 0. The first-order valence-electron chi connectivity index (χ1n) is 8.56. The summed E-state index contributed by atoms with van der Waals surface area (Å²) in [4.78, 5) is 12.3. The molecule has 26 heavy (non-hydrogen) atoms. The first-order valence-corrected chi connectivity index (χ1v) is 10.2. The summed E-state index contributed by atoms with van der Waals surface area (Å²) in [5.74, 6) is -1.15. The fraction of sp³-hybridized carbons (Fsp3) is 0.316. The van der Waals surface area contributed by atoms with Crippen LogP contribution in [0.1, 0.15) is 41.1 Å². The summed E-state index contributed by atoms with van der Waals surface area (Å²) < 4.78 is 24.2. The standard InChI is InChI=1S/C19H25N2O4P/c1-4-24-26(23,25-5-2)19(17-13-11-15(3)12-14-17)21-20-18(22)16-9-7-6-8-10-16/h6-14,19,21H,4-5H2,1-3H3,(H,20,22). The van der Waals surface area contributed by atoms with Gasteiger partial charge < -0.3 is 9.05 Å². The minimum Gasteiger partial charge on any atom is -0.307 e. The molecule has 2 rings (SSSR count). The molecule has 2 N–H and O–H groups in total. The first-order chi connectivity index (χ1) is 12.5. The van der Waals surface area contributed by atoms with Crippen molar-refractivity contribution in [3.8, 4) is 0 Å². The molecule has 0 saturated carbocycles. The number of benzene rings is 2. The SMILES string of the molecule is CCOP(=O)(OCC)C(NNC(=O)c1ccccc1)c1ccc(C)cc1. The quantitative estimate of drug-likeness (QED) is 0.507. The van der Waals surface area contributed by atoms with Crippen LogP contribution in [0, 0.1) is 6.92 Å². The Balaban J connectivity index is 2.26. The van der Waals surface area contributed by atoms with E-state index in [-0.39, 0.29) is 19.1 Å². The van der Waals surface area contributed by atoms with Gasteiger partial charge in [-0.2, -0.15) is 0 Å². The maximum Gasteiger partial charge on any atom is 0.353 e. The fourth-order valence-corrected chi connectivity index (χ4v) is 4.29. The van der Waals surface area contributed by atoms with Crippen LogP contribution in [0.25, 0.3) is 0 Å². The van der Waals surface area contributed by atoms with E-state index in [0.29, 0.717) is 11.1 Å². The highest BCUT2D eigenvalue weighted by Crippen LogP contribution is 2.59. The minimum atomic E-state index is -3.54. The predicted octanol–water partition coefficient (Wildman–Crippen LogP) is 4.19. The van der Waals surface area contributed by atoms with Crippen molar-refractivity contribution in [1.82, 2.24) is 10.9 Å². The van der Waals surface area contributed by atoms with Crippen LogP contribution in [-0.2, 0) is 13.6 Å². The van der Waals surface area contributed by atoms with Crippen molar-refractivity contribution in [3.63, 3.8) is 0 Å². The third-order valence-corrected chi connectivity index (χ3v) is 5.98. The van der Waals surface area contributed by atoms with E-state index in [1.807, 2.05) is 37.3 Å². The number of hydrogen-bond acceptors (Lipinski definition) is 5. The molecule has 2 aromatic rings. The van der Waals surface area contributed by atoms with Gasteiger partial charge in [0, 0.05) is 5.56 Å². The zero-order chi connectivity index (χ0) is 19.0. The normalized spacial score (nSPS) is 12.6. The van der Waals surface area contributed by atoms with E-state index in [1.54, 1.807) is 38.1 Å². The highest BCUT2D eigenvalue weighted by Gasteiger charge is 2.37. The van der Waals surface area contributed by atoms with Gasteiger partial charge in [-0.05, 0) is 38.5 Å². The molecule has 0 spiro atoms. The number of aryl methyl sites for hydroxylation is 1. The fourth-order valence-electron chi connectivity index (χ4n) is 2.44.